The first-order valence-corrected chi connectivity index (χ1v) is 5.54. The molecule has 1 amide bonds. The van der Waals surface area contributed by atoms with Gasteiger partial charge < -0.3 is 5.32 Å². The fraction of sp³-hybridized carbons (Fsp3) is 0.0714. The highest BCUT2D eigenvalue weighted by molar-refractivity contribution is 5.92. The Morgan fingerprint density at radius 1 is 1.00 bits per heavy atom. The van der Waals surface area contributed by atoms with Crippen molar-refractivity contribution in [2.24, 2.45) is 0 Å². The van der Waals surface area contributed by atoms with Crippen molar-refractivity contribution in [2.45, 2.75) is 6.42 Å². The first kappa shape index (κ1) is 13.1. The highest BCUT2D eigenvalue weighted by Crippen LogP contribution is 2.13. The van der Waals surface area contributed by atoms with Gasteiger partial charge in [-0.05, 0) is 29.8 Å². The molecule has 0 aliphatic rings. The Morgan fingerprint density at radius 2 is 1.74 bits per heavy atom. The molecular weight excluding hydrogens is 255 g/mol. The van der Waals surface area contributed by atoms with Crippen molar-refractivity contribution in [3.8, 4) is 0 Å². The number of carbonyl (C=O) groups is 1. The van der Waals surface area contributed by atoms with Gasteiger partial charge in [0.1, 0.15) is 17.5 Å². The van der Waals surface area contributed by atoms with E-state index in [1.54, 1.807) is 0 Å². The molecule has 0 unspecified atom stereocenters. The molecule has 2 nitrogen and oxygen atoms in total. The number of rotatable bonds is 3. The van der Waals surface area contributed by atoms with Crippen LogP contribution in [0.2, 0.25) is 0 Å². The lowest BCUT2D eigenvalue weighted by molar-refractivity contribution is -0.115. The van der Waals surface area contributed by atoms with Crippen molar-refractivity contribution < 1.29 is 18.0 Å². The smallest absolute Gasteiger partial charge is 0.228 e. The lowest BCUT2D eigenvalue weighted by atomic mass is 10.1. The van der Waals surface area contributed by atoms with Crippen LogP contribution in [0.3, 0.4) is 0 Å². The minimum absolute atomic E-state index is 0.0790. The zero-order valence-corrected chi connectivity index (χ0v) is 9.79. The van der Waals surface area contributed by atoms with E-state index in [0.29, 0.717) is 6.07 Å². The normalized spacial score (nSPS) is 10.3. The van der Waals surface area contributed by atoms with Crippen LogP contribution in [0.15, 0.2) is 42.5 Å². The zero-order chi connectivity index (χ0) is 13.8. The van der Waals surface area contributed by atoms with Gasteiger partial charge >= 0.3 is 0 Å². The lowest BCUT2D eigenvalue weighted by Crippen LogP contribution is -2.15. The van der Waals surface area contributed by atoms with Crippen molar-refractivity contribution in [2.75, 3.05) is 5.32 Å². The third-order valence-corrected chi connectivity index (χ3v) is 2.47. The van der Waals surface area contributed by atoms with Gasteiger partial charge in [0.15, 0.2) is 0 Å². The van der Waals surface area contributed by atoms with E-state index in [1.165, 1.54) is 24.3 Å². The zero-order valence-electron chi connectivity index (χ0n) is 9.79. The molecule has 0 aliphatic heterocycles. The molecule has 98 valence electrons. The summed E-state index contributed by atoms with van der Waals surface area (Å²) in [5, 5.41) is 2.43. The third kappa shape index (κ3) is 3.58. The maximum Gasteiger partial charge on any atom is 0.228 e. The summed E-state index contributed by atoms with van der Waals surface area (Å²) in [6, 6.07) is 8.36. The second kappa shape index (κ2) is 5.56. The Bertz CT molecular complexity index is 613. The fourth-order valence-electron chi connectivity index (χ4n) is 1.61. The lowest BCUT2D eigenvalue weighted by Gasteiger charge is -2.06. The molecule has 0 saturated heterocycles. The molecule has 0 heterocycles. The molecular formula is C14H10F3NO. The number of hydrogen-bond acceptors (Lipinski definition) is 1. The van der Waals surface area contributed by atoms with E-state index in [2.05, 4.69) is 5.32 Å². The summed E-state index contributed by atoms with van der Waals surface area (Å²) in [5.41, 5.74) is 0.364. The van der Waals surface area contributed by atoms with Gasteiger partial charge in [-0.3, -0.25) is 4.79 Å². The molecule has 0 spiro atoms. The van der Waals surface area contributed by atoms with Crippen LogP contribution in [0, 0.1) is 17.5 Å². The Hall–Kier alpha value is -2.30. The Morgan fingerprint density at radius 3 is 2.42 bits per heavy atom. The average molecular weight is 265 g/mol. The quantitative estimate of drug-likeness (QED) is 0.906. The van der Waals surface area contributed by atoms with Gasteiger partial charge in [0.05, 0.1) is 6.42 Å². The van der Waals surface area contributed by atoms with E-state index >= 15 is 0 Å². The van der Waals surface area contributed by atoms with Gasteiger partial charge in [0.25, 0.3) is 0 Å². The van der Waals surface area contributed by atoms with Gasteiger partial charge in [-0.1, -0.05) is 12.1 Å². The third-order valence-electron chi connectivity index (χ3n) is 2.47. The highest BCUT2D eigenvalue weighted by atomic mass is 19.1. The largest absolute Gasteiger partial charge is 0.326 e. The van der Waals surface area contributed by atoms with Gasteiger partial charge in [-0.15, -0.1) is 0 Å². The summed E-state index contributed by atoms with van der Waals surface area (Å²) in [6.07, 6.45) is -0.247. The molecule has 0 fully saturated rings. The molecule has 19 heavy (non-hydrogen) atoms. The van der Waals surface area contributed by atoms with Crippen molar-refractivity contribution >= 4 is 11.6 Å². The van der Waals surface area contributed by atoms with Gasteiger partial charge in [0, 0.05) is 11.8 Å². The van der Waals surface area contributed by atoms with Crippen LogP contribution < -0.4 is 5.32 Å². The molecule has 2 aromatic carbocycles. The maximum atomic E-state index is 13.3. The molecule has 0 atom stereocenters. The van der Waals surface area contributed by atoms with E-state index in [1.807, 2.05) is 0 Å². The van der Waals surface area contributed by atoms with E-state index in [0.717, 1.165) is 12.1 Å². The summed E-state index contributed by atoms with van der Waals surface area (Å²) in [7, 11) is 0. The van der Waals surface area contributed by atoms with Crippen LogP contribution in [0.5, 0.6) is 0 Å². The topological polar surface area (TPSA) is 29.1 Å². The Kier molecular flexibility index (Phi) is 3.85. The number of halogens is 3. The monoisotopic (exact) mass is 265 g/mol. The van der Waals surface area contributed by atoms with E-state index in [9.17, 15) is 18.0 Å². The van der Waals surface area contributed by atoms with Crippen molar-refractivity contribution in [3.05, 3.63) is 65.5 Å². The Labute approximate surface area is 107 Å². The summed E-state index contributed by atoms with van der Waals surface area (Å²) in [5.74, 6) is -2.47. The van der Waals surface area contributed by atoms with Crippen molar-refractivity contribution in [1.29, 1.82) is 0 Å². The second-order valence-corrected chi connectivity index (χ2v) is 3.97. The number of carbonyl (C=O) groups excluding carboxylic acids is 1. The van der Waals surface area contributed by atoms with Crippen LogP contribution in [-0.4, -0.2) is 5.91 Å². The number of anilines is 1. The SMILES string of the molecule is O=C(Cc1ccc(F)cc1F)Nc1cccc(F)c1. The molecule has 1 N–H and O–H groups in total. The number of benzene rings is 2. The Balaban J connectivity index is 2.05. The first-order chi connectivity index (χ1) is 9.04. The predicted octanol–water partition coefficient (Wildman–Crippen LogP) is 3.29. The second-order valence-electron chi connectivity index (χ2n) is 3.97. The summed E-state index contributed by atoms with van der Waals surface area (Å²) >= 11 is 0. The van der Waals surface area contributed by atoms with Gasteiger partial charge in [0.2, 0.25) is 5.91 Å². The van der Waals surface area contributed by atoms with Crippen LogP contribution in [0.4, 0.5) is 18.9 Å². The highest BCUT2D eigenvalue weighted by Gasteiger charge is 2.09. The minimum Gasteiger partial charge on any atom is -0.326 e. The summed E-state index contributed by atoms with van der Waals surface area (Å²) in [4.78, 5) is 11.6. The molecule has 5 heteroatoms. The van der Waals surface area contributed by atoms with Crippen LogP contribution >= 0.6 is 0 Å². The number of hydrogen-bond donors (Lipinski definition) is 1. The first-order valence-electron chi connectivity index (χ1n) is 5.54. The van der Waals surface area contributed by atoms with Crippen LogP contribution in [-0.2, 0) is 11.2 Å². The molecule has 0 saturated carbocycles. The van der Waals surface area contributed by atoms with E-state index in [-0.39, 0.29) is 17.7 Å². The minimum atomic E-state index is -0.783. The standard InChI is InChI=1S/C14H10F3NO/c15-10-2-1-3-12(7-10)18-14(19)6-9-4-5-11(16)8-13(9)17/h1-5,7-8H,6H2,(H,18,19). The van der Waals surface area contributed by atoms with Crippen molar-refractivity contribution in [1.82, 2.24) is 0 Å². The fourth-order valence-corrected chi connectivity index (χ4v) is 1.61. The van der Waals surface area contributed by atoms with Gasteiger partial charge in [-0.25, -0.2) is 13.2 Å². The predicted molar refractivity (Wildman–Crippen MR) is 65.1 cm³/mol. The molecule has 0 radical (unpaired) electrons. The number of amides is 1. The molecule has 2 rings (SSSR count). The van der Waals surface area contributed by atoms with E-state index in [4.69, 9.17) is 0 Å². The molecule has 0 aromatic heterocycles. The van der Waals surface area contributed by atoms with Crippen LogP contribution in [0.1, 0.15) is 5.56 Å². The molecule has 0 bridgehead atoms. The maximum absolute atomic E-state index is 13.3. The van der Waals surface area contributed by atoms with Crippen LogP contribution in [0.25, 0.3) is 0 Å². The van der Waals surface area contributed by atoms with E-state index < -0.39 is 23.4 Å². The average Bonchev–Trinajstić information content (AvgIpc) is 2.33. The molecule has 2 aromatic rings. The van der Waals surface area contributed by atoms with Gasteiger partial charge in [-0.2, -0.15) is 0 Å². The number of nitrogens with one attached hydrogen (secondary N) is 1. The summed E-state index contributed by atoms with van der Waals surface area (Å²) < 4.78 is 38.9. The molecule has 0 aliphatic carbocycles. The summed E-state index contributed by atoms with van der Waals surface area (Å²) in [6.45, 7) is 0. The van der Waals surface area contributed by atoms with Crippen molar-refractivity contribution in [3.63, 3.8) is 0 Å².